The normalized spacial score (nSPS) is 11.1. The Labute approximate surface area is 99.1 Å². The van der Waals surface area contributed by atoms with Crippen molar-refractivity contribution in [3.8, 4) is 5.75 Å². The zero-order valence-corrected chi connectivity index (χ0v) is 10.2. The van der Waals surface area contributed by atoms with Crippen LogP contribution in [0.15, 0.2) is 18.2 Å². The fraction of sp³-hybridized carbons (Fsp3) is 0.300. The standard InChI is InChI=1S/C10H11ClO4S/c1-16(13,14)6-5-15-10-8(7-12)3-2-4-9(10)11/h2-4,7H,5-6H2,1H3. The van der Waals surface area contributed by atoms with E-state index in [0.29, 0.717) is 11.8 Å². The number of benzene rings is 1. The van der Waals surface area contributed by atoms with E-state index in [1.165, 1.54) is 0 Å². The van der Waals surface area contributed by atoms with Crippen LogP contribution in [0.4, 0.5) is 0 Å². The third-order valence-corrected chi connectivity index (χ3v) is 3.03. The zero-order chi connectivity index (χ0) is 12.2. The molecule has 0 unspecified atom stereocenters. The van der Waals surface area contributed by atoms with Gasteiger partial charge in [0.2, 0.25) is 0 Å². The average molecular weight is 263 g/mol. The first-order chi connectivity index (χ1) is 7.44. The monoisotopic (exact) mass is 262 g/mol. The maximum Gasteiger partial charge on any atom is 0.153 e. The Morgan fingerprint density at radius 3 is 2.69 bits per heavy atom. The number of hydrogen-bond donors (Lipinski definition) is 0. The highest BCUT2D eigenvalue weighted by molar-refractivity contribution is 7.90. The number of para-hydroxylation sites is 1. The van der Waals surface area contributed by atoms with Gasteiger partial charge in [-0.25, -0.2) is 8.42 Å². The molecule has 0 aliphatic rings. The van der Waals surface area contributed by atoms with Crippen molar-refractivity contribution < 1.29 is 17.9 Å². The quantitative estimate of drug-likeness (QED) is 0.756. The van der Waals surface area contributed by atoms with Crippen molar-refractivity contribution in [3.63, 3.8) is 0 Å². The average Bonchev–Trinajstić information content (AvgIpc) is 2.18. The number of sulfone groups is 1. The smallest absolute Gasteiger partial charge is 0.153 e. The molecule has 0 saturated carbocycles. The van der Waals surface area contributed by atoms with Gasteiger partial charge in [-0.05, 0) is 12.1 Å². The van der Waals surface area contributed by atoms with Crippen molar-refractivity contribution in [1.29, 1.82) is 0 Å². The first-order valence-electron chi connectivity index (χ1n) is 4.48. The molecule has 88 valence electrons. The van der Waals surface area contributed by atoms with E-state index >= 15 is 0 Å². The third-order valence-electron chi connectivity index (χ3n) is 1.82. The minimum atomic E-state index is -3.08. The maximum atomic E-state index is 10.9. The predicted octanol–water partition coefficient (Wildman–Crippen LogP) is 1.58. The summed E-state index contributed by atoms with van der Waals surface area (Å²) in [5.41, 5.74) is 0.306. The molecule has 1 aromatic carbocycles. The molecule has 0 fully saturated rings. The highest BCUT2D eigenvalue weighted by Crippen LogP contribution is 2.27. The second kappa shape index (κ2) is 5.32. The summed E-state index contributed by atoms with van der Waals surface area (Å²) >= 11 is 5.82. The van der Waals surface area contributed by atoms with Gasteiger partial charge < -0.3 is 4.74 Å². The van der Waals surface area contributed by atoms with E-state index in [-0.39, 0.29) is 23.1 Å². The molecule has 0 aromatic heterocycles. The SMILES string of the molecule is CS(=O)(=O)CCOc1c(Cl)cccc1C=O. The molecule has 0 aliphatic heterocycles. The molecule has 4 nitrogen and oxygen atoms in total. The summed E-state index contributed by atoms with van der Waals surface area (Å²) < 4.78 is 26.9. The van der Waals surface area contributed by atoms with Crippen LogP contribution in [0.5, 0.6) is 5.75 Å². The van der Waals surface area contributed by atoms with E-state index in [1.807, 2.05) is 0 Å². The predicted molar refractivity (Wildman–Crippen MR) is 62.0 cm³/mol. The molecule has 1 aromatic rings. The van der Waals surface area contributed by atoms with Gasteiger partial charge in [0.25, 0.3) is 0 Å². The van der Waals surface area contributed by atoms with Crippen LogP contribution >= 0.6 is 11.6 Å². The van der Waals surface area contributed by atoms with Crippen molar-refractivity contribution in [2.75, 3.05) is 18.6 Å². The van der Waals surface area contributed by atoms with Crippen LogP contribution in [-0.4, -0.2) is 33.3 Å². The lowest BCUT2D eigenvalue weighted by molar-refractivity contribution is 0.112. The number of carbonyl (C=O) groups excluding carboxylic acids is 1. The Bertz CT molecular complexity index is 482. The van der Waals surface area contributed by atoms with Gasteiger partial charge in [-0.2, -0.15) is 0 Å². The number of aldehydes is 1. The van der Waals surface area contributed by atoms with Crippen LogP contribution in [0, 0.1) is 0 Å². The highest BCUT2D eigenvalue weighted by Gasteiger charge is 2.09. The Balaban J connectivity index is 2.77. The van der Waals surface area contributed by atoms with Crippen LogP contribution in [-0.2, 0) is 9.84 Å². The molecule has 0 aliphatic carbocycles. The molecule has 0 radical (unpaired) electrons. The lowest BCUT2D eigenvalue weighted by atomic mass is 10.2. The molecule has 16 heavy (non-hydrogen) atoms. The van der Waals surface area contributed by atoms with Gasteiger partial charge in [-0.15, -0.1) is 0 Å². The van der Waals surface area contributed by atoms with E-state index in [4.69, 9.17) is 16.3 Å². The number of rotatable bonds is 5. The molecule has 0 saturated heterocycles. The minimum absolute atomic E-state index is 0.0244. The summed E-state index contributed by atoms with van der Waals surface area (Å²) in [6, 6.07) is 4.74. The largest absolute Gasteiger partial charge is 0.490 e. The Morgan fingerprint density at radius 2 is 2.12 bits per heavy atom. The van der Waals surface area contributed by atoms with Gasteiger partial charge >= 0.3 is 0 Å². The van der Waals surface area contributed by atoms with E-state index in [1.54, 1.807) is 18.2 Å². The van der Waals surface area contributed by atoms with Crippen molar-refractivity contribution in [2.45, 2.75) is 0 Å². The highest BCUT2D eigenvalue weighted by atomic mass is 35.5. The maximum absolute atomic E-state index is 10.9. The summed E-state index contributed by atoms with van der Waals surface area (Å²) in [4.78, 5) is 10.7. The summed E-state index contributed by atoms with van der Waals surface area (Å²) in [5, 5.41) is 0.290. The molecule has 1 rings (SSSR count). The molecule has 0 amide bonds. The number of hydrogen-bond acceptors (Lipinski definition) is 4. The fourth-order valence-electron chi connectivity index (χ4n) is 1.07. The van der Waals surface area contributed by atoms with Crippen molar-refractivity contribution >= 4 is 27.7 Å². The van der Waals surface area contributed by atoms with E-state index in [9.17, 15) is 13.2 Å². The van der Waals surface area contributed by atoms with Crippen LogP contribution in [0.2, 0.25) is 5.02 Å². The van der Waals surface area contributed by atoms with Crippen LogP contribution < -0.4 is 4.74 Å². The first kappa shape index (κ1) is 13.0. The summed E-state index contributed by atoms with van der Waals surface area (Å²) in [7, 11) is -3.08. The Morgan fingerprint density at radius 1 is 1.44 bits per heavy atom. The molecule has 0 N–H and O–H groups in total. The molecule has 0 spiro atoms. The molecule has 0 bridgehead atoms. The lowest BCUT2D eigenvalue weighted by Crippen LogP contribution is -2.12. The summed E-state index contributed by atoms with van der Waals surface area (Å²) in [6.45, 7) is -0.0244. The third kappa shape index (κ3) is 3.83. The van der Waals surface area contributed by atoms with E-state index in [2.05, 4.69) is 0 Å². The van der Waals surface area contributed by atoms with Gasteiger partial charge in [0, 0.05) is 6.26 Å². The Hall–Kier alpha value is -1.07. The van der Waals surface area contributed by atoms with Crippen molar-refractivity contribution in [3.05, 3.63) is 28.8 Å². The van der Waals surface area contributed by atoms with Crippen LogP contribution in [0.25, 0.3) is 0 Å². The van der Waals surface area contributed by atoms with E-state index < -0.39 is 9.84 Å². The Kier molecular flexibility index (Phi) is 4.32. The van der Waals surface area contributed by atoms with Crippen LogP contribution in [0.3, 0.4) is 0 Å². The number of halogens is 1. The van der Waals surface area contributed by atoms with Gasteiger partial charge in [0.1, 0.15) is 12.4 Å². The molecule has 0 atom stereocenters. The van der Waals surface area contributed by atoms with Crippen molar-refractivity contribution in [1.82, 2.24) is 0 Å². The second-order valence-electron chi connectivity index (χ2n) is 3.25. The summed E-state index contributed by atoms with van der Waals surface area (Å²) in [6.07, 6.45) is 1.73. The van der Waals surface area contributed by atoms with Crippen LogP contribution in [0.1, 0.15) is 10.4 Å². The first-order valence-corrected chi connectivity index (χ1v) is 6.92. The topological polar surface area (TPSA) is 60.4 Å². The molecule has 0 heterocycles. The second-order valence-corrected chi connectivity index (χ2v) is 5.92. The summed E-state index contributed by atoms with van der Waals surface area (Å²) in [5.74, 6) is 0.110. The van der Waals surface area contributed by atoms with Gasteiger partial charge in [0.05, 0.1) is 16.3 Å². The van der Waals surface area contributed by atoms with Crippen molar-refractivity contribution in [2.24, 2.45) is 0 Å². The van der Waals surface area contributed by atoms with Gasteiger partial charge in [-0.3, -0.25) is 4.79 Å². The molecule has 6 heteroatoms. The zero-order valence-electron chi connectivity index (χ0n) is 8.64. The van der Waals surface area contributed by atoms with E-state index in [0.717, 1.165) is 6.26 Å². The lowest BCUT2D eigenvalue weighted by Gasteiger charge is -2.09. The number of ether oxygens (including phenoxy) is 1. The number of carbonyl (C=O) groups is 1. The molecular formula is C10H11ClO4S. The minimum Gasteiger partial charge on any atom is -0.490 e. The fourth-order valence-corrected chi connectivity index (χ4v) is 1.69. The molecular weight excluding hydrogens is 252 g/mol. The van der Waals surface area contributed by atoms with Gasteiger partial charge in [-0.1, -0.05) is 17.7 Å². The van der Waals surface area contributed by atoms with Gasteiger partial charge in [0.15, 0.2) is 16.1 Å².